The maximum Gasteiger partial charge on any atom is 0.271 e. The normalized spacial score (nSPS) is 16.3. The van der Waals surface area contributed by atoms with Crippen LogP contribution in [0.3, 0.4) is 0 Å². The molecule has 5 nitrogen and oxygen atoms in total. The molecular weight excluding hydrogens is 292 g/mol. The van der Waals surface area contributed by atoms with Crippen LogP contribution in [0.2, 0.25) is 0 Å². The Kier molecular flexibility index (Phi) is 4.28. The zero-order chi connectivity index (χ0) is 16.2. The SMILES string of the molecule is C=CCC1COc2ccc([N+](=O)[O-])cc2N1Cc1ccccc1. The summed E-state index contributed by atoms with van der Waals surface area (Å²) < 4.78 is 5.78. The van der Waals surface area contributed by atoms with Crippen molar-refractivity contribution in [1.29, 1.82) is 0 Å². The number of ether oxygens (including phenoxy) is 1. The Morgan fingerprint density at radius 1 is 1.30 bits per heavy atom. The number of benzene rings is 2. The highest BCUT2D eigenvalue weighted by molar-refractivity contribution is 5.65. The van der Waals surface area contributed by atoms with Gasteiger partial charge in [-0.05, 0) is 18.1 Å². The zero-order valence-electron chi connectivity index (χ0n) is 12.7. The van der Waals surface area contributed by atoms with Gasteiger partial charge in [0.2, 0.25) is 0 Å². The van der Waals surface area contributed by atoms with Gasteiger partial charge in [0.15, 0.2) is 0 Å². The van der Waals surface area contributed by atoms with E-state index in [2.05, 4.69) is 23.6 Å². The van der Waals surface area contributed by atoms with Crippen LogP contribution in [0.5, 0.6) is 5.75 Å². The average molecular weight is 310 g/mol. The van der Waals surface area contributed by atoms with Gasteiger partial charge in [-0.25, -0.2) is 0 Å². The van der Waals surface area contributed by atoms with Crippen molar-refractivity contribution < 1.29 is 9.66 Å². The number of rotatable bonds is 5. The molecule has 1 atom stereocenters. The molecule has 0 aliphatic carbocycles. The van der Waals surface area contributed by atoms with Crippen LogP contribution in [0, 0.1) is 10.1 Å². The highest BCUT2D eigenvalue weighted by Gasteiger charge is 2.28. The quantitative estimate of drug-likeness (QED) is 0.477. The summed E-state index contributed by atoms with van der Waals surface area (Å²) in [6, 6.07) is 14.9. The molecule has 1 heterocycles. The summed E-state index contributed by atoms with van der Waals surface area (Å²) in [5.74, 6) is 0.687. The highest BCUT2D eigenvalue weighted by atomic mass is 16.6. The van der Waals surface area contributed by atoms with E-state index in [-0.39, 0.29) is 16.7 Å². The highest BCUT2D eigenvalue weighted by Crippen LogP contribution is 2.38. The Bertz CT molecular complexity index is 715. The lowest BCUT2D eigenvalue weighted by atomic mass is 10.1. The summed E-state index contributed by atoms with van der Waals surface area (Å²) in [7, 11) is 0. The van der Waals surface area contributed by atoms with E-state index in [0.29, 0.717) is 18.9 Å². The summed E-state index contributed by atoms with van der Waals surface area (Å²) in [6.45, 7) is 5.03. The molecule has 0 saturated heterocycles. The van der Waals surface area contributed by atoms with E-state index in [1.54, 1.807) is 12.1 Å². The second-order valence-corrected chi connectivity index (χ2v) is 5.51. The van der Waals surface area contributed by atoms with Crippen molar-refractivity contribution >= 4 is 11.4 Å². The second-order valence-electron chi connectivity index (χ2n) is 5.51. The van der Waals surface area contributed by atoms with E-state index >= 15 is 0 Å². The summed E-state index contributed by atoms with van der Waals surface area (Å²) in [6.07, 6.45) is 2.61. The first kappa shape index (κ1) is 15.1. The fourth-order valence-electron chi connectivity index (χ4n) is 2.82. The number of hydrogen-bond donors (Lipinski definition) is 0. The molecule has 5 heteroatoms. The lowest BCUT2D eigenvalue weighted by Gasteiger charge is -2.38. The van der Waals surface area contributed by atoms with Gasteiger partial charge in [-0.3, -0.25) is 10.1 Å². The zero-order valence-corrected chi connectivity index (χ0v) is 12.7. The molecule has 0 fully saturated rings. The minimum Gasteiger partial charge on any atom is -0.489 e. The number of nitro groups is 1. The number of fused-ring (bicyclic) bond motifs is 1. The molecule has 0 N–H and O–H groups in total. The van der Waals surface area contributed by atoms with Gasteiger partial charge in [0, 0.05) is 18.7 Å². The van der Waals surface area contributed by atoms with E-state index in [9.17, 15) is 10.1 Å². The van der Waals surface area contributed by atoms with Gasteiger partial charge in [0.05, 0.1) is 16.7 Å². The Morgan fingerprint density at radius 3 is 2.78 bits per heavy atom. The van der Waals surface area contributed by atoms with Crippen molar-refractivity contribution in [3.63, 3.8) is 0 Å². The Labute approximate surface area is 135 Å². The maximum absolute atomic E-state index is 11.1. The molecule has 3 rings (SSSR count). The van der Waals surface area contributed by atoms with E-state index in [0.717, 1.165) is 17.7 Å². The van der Waals surface area contributed by atoms with Crippen LogP contribution < -0.4 is 9.64 Å². The first-order chi connectivity index (χ1) is 11.2. The van der Waals surface area contributed by atoms with E-state index in [1.807, 2.05) is 24.3 Å². The molecule has 0 spiro atoms. The third-order valence-corrected chi connectivity index (χ3v) is 3.97. The number of nitrogens with zero attached hydrogens (tertiary/aromatic N) is 2. The van der Waals surface area contributed by atoms with Crippen LogP contribution in [0.1, 0.15) is 12.0 Å². The predicted molar refractivity (Wildman–Crippen MR) is 89.8 cm³/mol. The molecule has 0 aromatic heterocycles. The molecule has 2 aromatic rings. The molecule has 0 radical (unpaired) electrons. The fourth-order valence-corrected chi connectivity index (χ4v) is 2.82. The second kappa shape index (κ2) is 6.52. The van der Waals surface area contributed by atoms with Gasteiger partial charge < -0.3 is 9.64 Å². The number of hydrogen-bond acceptors (Lipinski definition) is 4. The Morgan fingerprint density at radius 2 is 2.09 bits per heavy atom. The molecule has 0 bridgehead atoms. The van der Waals surface area contributed by atoms with Crippen LogP contribution in [-0.4, -0.2) is 17.6 Å². The van der Waals surface area contributed by atoms with Crippen molar-refractivity contribution in [1.82, 2.24) is 0 Å². The Hall–Kier alpha value is -2.82. The smallest absolute Gasteiger partial charge is 0.271 e. The summed E-state index contributed by atoms with van der Waals surface area (Å²) in [5, 5.41) is 11.1. The molecule has 0 saturated carbocycles. The van der Waals surface area contributed by atoms with Gasteiger partial charge in [-0.2, -0.15) is 0 Å². The first-order valence-electron chi connectivity index (χ1n) is 7.51. The van der Waals surface area contributed by atoms with Crippen molar-refractivity contribution in [2.75, 3.05) is 11.5 Å². The van der Waals surface area contributed by atoms with E-state index in [1.165, 1.54) is 6.07 Å². The first-order valence-corrected chi connectivity index (χ1v) is 7.51. The third-order valence-electron chi connectivity index (χ3n) is 3.97. The van der Waals surface area contributed by atoms with Crippen molar-refractivity contribution in [3.05, 3.63) is 76.9 Å². The Balaban J connectivity index is 1.99. The molecule has 1 unspecified atom stereocenters. The maximum atomic E-state index is 11.1. The summed E-state index contributed by atoms with van der Waals surface area (Å²) in [4.78, 5) is 12.9. The predicted octanol–water partition coefficient (Wildman–Crippen LogP) is 3.94. The molecule has 1 aliphatic heterocycles. The van der Waals surface area contributed by atoms with Crippen LogP contribution in [0.25, 0.3) is 0 Å². The number of nitro benzene ring substituents is 1. The molecule has 0 amide bonds. The van der Waals surface area contributed by atoms with Crippen molar-refractivity contribution in [2.45, 2.75) is 19.0 Å². The fraction of sp³-hybridized carbons (Fsp3) is 0.222. The number of non-ortho nitro benzene ring substituents is 1. The molecule has 1 aliphatic rings. The monoisotopic (exact) mass is 310 g/mol. The van der Waals surface area contributed by atoms with Crippen molar-refractivity contribution in [3.8, 4) is 5.75 Å². The lowest BCUT2D eigenvalue weighted by molar-refractivity contribution is -0.384. The minimum absolute atomic E-state index is 0.0738. The van der Waals surface area contributed by atoms with E-state index < -0.39 is 0 Å². The van der Waals surface area contributed by atoms with Crippen LogP contribution in [0.15, 0.2) is 61.2 Å². The lowest BCUT2D eigenvalue weighted by Crippen LogP contribution is -2.42. The van der Waals surface area contributed by atoms with E-state index in [4.69, 9.17) is 4.74 Å². The summed E-state index contributed by atoms with van der Waals surface area (Å²) >= 11 is 0. The average Bonchev–Trinajstić information content (AvgIpc) is 2.57. The van der Waals surface area contributed by atoms with Gasteiger partial charge >= 0.3 is 0 Å². The van der Waals surface area contributed by atoms with Gasteiger partial charge in [-0.1, -0.05) is 36.4 Å². The molecular formula is C18H18N2O3. The van der Waals surface area contributed by atoms with Crippen molar-refractivity contribution in [2.24, 2.45) is 0 Å². The van der Waals surface area contributed by atoms with Gasteiger partial charge in [0.1, 0.15) is 12.4 Å². The molecule has 2 aromatic carbocycles. The largest absolute Gasteiger partial charge is 0.489 e. The molecule has 23 heavy (non-hydrogen) atoms. The number of anilines is 1. The van der Waals surface area contributed by atoms with Crippen LogP contribution in [0.4, 0.5) is 11.4 Å². The summed E-state index contributed by atoms with van der Waals surface area (Å²) in [5.41, 5.74) is 1.99. The van der Waals surface area contributed by atoms with Crippen LogP contribution in [-0.2, 0) is 6.54 Å². The molecule has 118 valence electrons. The minimum atomic E-state index is -0.377. The van der Waals surface area contributed by atoms with Crippen LogP contribution >= 0.6 is 0 Å². The van der Waals surface area contributed by atoms with Gasteiger partial charge in [0.25, 0.3) is 5.69 Å². The topological polar surface area (TPSA) is 55.6 Å². The third kappa shape index (κ3) is 3.18. The standard InChI is InChI=1S/C18H18N2O3/c1-2-6-16-13-23-18-10-9-15(20(21)22)11-17(18)19(16)12-14-7-4-3-5-8-14/h2-5,7-11,16H,1,6,12-13H2. The van der Waals surface area contributed by atoms with Gasteiger partial charge in [-0.15, -0.1) is 6.58 Å².